The normalized spacial score (nSPS) is 23.5. The van der Waals surface area contributed by atoms with E-state index in [0.717, 1.165) is 27.9 Å². The summed E-state index contributed by atoms with van der Waals surface area (Å²) < 4.78 is 0.916. The zero-order valence-corrected chi connectivity index (χ0v) is 14.9. The lowest BCUT2D eigenvalue weighted by molar-refractivity contribution is -0.134. The third-order valence-electron chi connectivity index (χ3n) is 4.39. The standard InChI is InChI=1S/C16H19BrN4O3/c1-10-7-11(17)3-4-12(10)19-13(22)8-21-14(23)16(20-15(21)24)5-2-6-18-9-16/h3-4,7,18H,2,5-6,8-9H2,1H3,(H,19,22)(H,20,24). The molecule has 2 heterocycles. The topological polar surface area (TPSA) is 90.5 Å². The Hall–Kier alpha value is -1.93. The number of imide groups is 1. The first-order valence-corrected chi connectivity index (χ1v) is 8.61. The second-order valence-electron chi connectivity index (χ2n) is 6.19. The maximum absolute atomic E-state index is 12.6. The summed E-state index contributed by atoms with van der Waals surface area (Å²) in [6.07, 6.45) is 1.40. The van der Waals surface area contributed by atoms with Crippen molar-refractivity contribution in [3.05, 3.63) is 28.2 Å². The molecule has 0 radical (unpaired) electrons. The minimum atomic E-state index is -0.900. The summed E-state index contributed by atoms with van der Waals surface area (Å²) in [6.45, 7) is 2.81. The second-order valence-corrected chi connectivity index (χ2v) is 7.11. The van der Waals surface area contributed by atoms with E-state index < -0.39 is 17.5 Å². The third kappa shape index (κ3) is 3.16. The van der Waals surface area contributed by atoms with E-state index in [-0.39, 0.29) is 12.5 Å². The first-order valence-electron chi connectivity index (χ1n) is 7.82. The summed E-state index contributed by atoms with van der Waals surface area (Å²) in [6, 6.07) is 4.97. The zero-order chi connectivity index (χ0) is 17.3. The average molecular weight is 395 g/mol. The molecule has 1 unspecified atom stereocenters. The fraction of sp³-hybridized carbons (Fsp3) is 0.438. The van der Waals surface area contributed by atoms with Crippen LogP contribution in [0.4, 0.5) is 10.5 Å². The SMILES string of the molecule is Cc1cc(Br)ccc1NC(=O)CN1C(=O)NC2(CCCNC2)C1=O. The largest absolute Gasteiger partial charge is 0.325 e. The van der Waals surface area contributed by atoms with E-state index >= 15 is 0 Å². The van der Waals surface area contributed by atoms with Crippen LogP contribution in [-0.2, 0) is 9.59 Å². The minimum absolute atomic E-state index is 0.290. The van der Waals surface area contributed by atoms with Crippen molar-refractivity contribution < 1.29 is 14.4 Å². The summed E-state index contributed by atoms with van der Waals surface area (Å²) in [5, 5.41) is 8.62. The molecule has 1 spiro atoms. The number of urea groups is 1. The van der Waals surface area contributed by atoms with Gasteiger partial charge < -0.3 is 16.0 Å². The predicted octanol–water partition coefficient (Wildman–Crippen LogP) is 1.37. The number of nitrogens with zero attached hydrogens (tertiary/aromatic N) is 1. The fourth-order valence-corrected chi connectivity index (χ4v) is 3.59. The van der Waals surface area contributed by atoms with Crippen LogP contribution in [0.2, 0.25) is 0 Å². The van der Waals surface area contributed by atoms with Gasteiger partial charge in [0.15, 0.2) is 0 Å². The van der Waals surface area contributed by atoms with Gasteiger partial charge in [0.05, 0.1) is 0 Å². The van der Waals surface area contributed by atoms with Gasteiger partial charge in [-0.15, -0.1) is 0 Å². The maximum atomic E-state index is 12.6. The molecule has 2 saturated heterocycles. The number of aryl methyl sites for hydroxylation is 1. The Labute approximate surface area is 148 Å². The van der Waals surface area contributed by atoms with Crippen molar-refractivity contribution in [1.29, 1.82) is 0 Å². The monoisotopic (exact) mass is 394 g/mol. The summed E-state index contributed by atoms with van der Waals surface area (Å²) in [7, 11) is 0. The number of carbonyl (C=O) groups excluding carboxylic acids is 3. The predicted molar refractivity (Wildman–Crippen MR) is 92.6 cm³/mol. The lowest BCUT2D eigenvalue weighted by atomic mass is 9.90. The maximum Gasteiger partial charge on any atom is 0.325 e. The minimum Gasteiger partial charge on any atom is -0.324 e. The van der Waals surface area contributed by atoms with E-state index in [4.69, 9.17) is 0 Å². The van der Waals surface area contributed by atoms with E-state index in [0.29, 0.717) is 18.7 Å². The van der Waals surface area contributed by atoms with Crippen molar-refractivity contribution >= 4 is 39.5 Å². The number of piperidine rings is 1. The van der Waals surface area contributed by atoms with E-state index in [1.54, 1.807) is 6.07 Å². The van der Waals surface area contributed by atoms with Crippen molar-refractivity contribution in [3.8, 4) is 0 Å². The zero-order valence-electron chi connectivity index (χ0n) is 13.3. The highest BCUT2D eigenvalue weighted by Gasteiger charge is 2.51. The van der Waals surface area contributed by atoms with Crippen molar-refractivity contribution in [2.45, 2.75) is 25.3 Å². The summed E-state index contributed by atoms with van der Waals surface area (Å²) in [4.78, 5) is 38.0. The number of amides is 4. The first kappa shape index (κ1) is 16.9. The summed E-state index contributed by atoms with van der Waals surface area (Å²) >= 11 is 3.37. The molecule has 1 atom stereocenters. The number of carbonyl (C=O) groups is 3. The Morgan fingerprint density at radius 1 is 1.42 bits per heavy atom. The van der Waals surface area contributed by atoms with E-state index in [1.807, 2.05) is 19.1 Å². The van der Waals surface area contributed by atoms with Crippen LogP contribution in [0.1, 0.15) is 18.4 Å². The van der Waals surface area contributed by atoms with Gasteiger partial charge in [0.25, 0.3) is 5.91 Å². The highest BCUT2D eigenvalue weighted by Crippen LogP contribution is 2.25. The van der Waals surface area contributed by atoms with E-state index in [9.17, 15) is 14.4 Å². The quantitative estimate of drug-likeness (QED) is 0.675. The molecule has 3 N–H and O–H groups in total. The van der Waals surface area contributed by atoms with Crippen LogP contribution in [-0.4, -0.2) is 47.9 Å². The average Bonchev–Trinajstić information content (AvgIpc) is 2.75. The van der Waals surface area contributed by atoms with Crippen molar-refractivity contribution in [2.75, 3.05) is 25.0 Å². The van der Waals surface area contributed by atoms with Crippen molar-refractivity contribution in [2.24, 2.45) is 0 Å². The molecule has 2 aliphatic rings. The molecule has 128 valence electrons. The Balaban J connectivity index is 1.68. The molecule has 1 aromatic rings. The molecule has 2 fully saturated rings. The van der Waals surface area contributed by atoms with Crippen LogP contribution in [0.15, 0.2) is 22.7 Å². The Bertz CT molecular complexity index is 701. The Morgan fingerprint density at radius 3 is 2.88 bits per heavy atom. The van der Waals surface area contributed by atoms with Crippen LogP contribution < -0.4 is 16.0 Å². The number of anilines is 1. The molecule has 24 heavy (non-hydrogen) atoms. The first-order chi connectivity index (χ1) is 11.4. The number of benzene rings is 1. The molecule has 0 bridgehead atoms. The van der Waals surface area contributed by atoms with E-state index in [2.05, 4.69) is 31.9 Å². The van der Waals surface area contributed by atoms with Gasteiger partial charge in [0, 0.05) is 16.7 Å². The van der Waals surface area contributed by atoms with Gasteiger partial charge in [0.2, 0.25) is 5.91 Å². The fourth-order valence-electron chi connectivity index (χ4n) is 3.12. The lowest BCUT2D eigenvalue weighted by Crippen LogP contribution is -2.57. The van der Waals surface area contributed by atoms with Gasteiger partial charge in [-0.05, 0) is 50.1 Å². The second kappa shape index (κ2) is 6.52. The Morgan fingerprint density at radius 2 is 2.21 bits per heavy atom. The van der Waals surface area contributed by atoms with Crippen LogP contribution in [0.3, 0.4) is 0 Å². The van der Waals surface area contributed by atoms with Crippen LogP contribution in [0.5, 0.6) is 0 Å². The smallest absolute Gasteiger partial charge is 0.324 e. The van der Waals surface area contributed by atoms with Gasteiger partial charge in [-0.2, -0.15) is 0 Å². The highest BCUT2D eigenvalue weighted by molar-refractivity contribution is 9.10. The van der Waals surface area contributed by atoms with Gasteiger partial charge in [-0.3, -0.25) is 14.5 Å². The van der Waals surface area contributed by atoms with Crippen molar-refractivity contribution in [1.82, 2.24) is 15.5 Å². The third-order valence-corrected chi connectivity index (χ3v) is 4.89. The summed E-state index contributed by atoms with van der Waals surface area (Å²) in [5.41, 5.74) is 0.649. The molecule has 2 aliphatic heterocycles. The number of hydrogen-bond donors (Lipinski definition) is 3. The molecular weight excluding hydrogens is 376 g/mol. The number of nitrogens with one attached hydrogen (secondary N) is 3. The highest BCUT2D eigenvalue weighted by atomic mass is 79.9. The molecule has 0 saturated carbocycles. The molecular formula is C16H19BrN4O3. The molecule has 0 aromatic heterocycles. The summed E-state index contributed by atoms with van der Waals surface area (Å²) in [5.74, 6) is -0.730. The molecule has 8 heteroatoms. The van der Waals surface area contributed by atoms with Crippen LogP contribution in [0, 0.1) is 6.92 Å². The molecule has 1 aromatic carbocycles. The lowest BCUT2D eigenvalue weighted by Gasteiger charge is -2.31. The van der Waals surface area contributed by atoms with Gasteiger partial charge in [-0.1, -0.05) is 15.9 Å². The van der Waals surface area contributed by atoms with Gasteiger partial charge >= 0.3 is 6.03 Å². The van der Waals surface area contributed by atoms with Crippen molar-refractivity contribution in [3.63, 3.8) is 0 Å². The Kier molecular flexibility index (Phi) is 4.60. The van der Waals surface area contributed by atoms with E-state index in [1.165, 1.54) is 0 Å². The number of halogens is 1. The number of rotatable bonds is 3. The van der Waals surface area contributed by atoms with Gasteiger partial charge in [0.1, 0.15) is 12.1 Å². The molecule has 4 amide bonds. The molecule has 0 aliphatic carbocycles. The van der Waals surface area contributed by atoms with Crippen LogP contribution in [0.25, 0.3) is 0 Å². The van der Waals surface area contributed by atoms with Crippen LogP contribution >= 0.6 is 15.9 Å². The number of hydrogen-bond acceptors (Lipinski definition) is 4. The molecule has 7 nitrogen and oxygen atoms in total. The van der Waals surface area contributed by atoms with Gasteiger partial charge in [-0.25, -0.2) is 4.79 Å². The molecule has 3 rings (SSSR count).